The molecule has 0 aliphatic carbocycles. The first-order chi connectivity index (χ1) is 10.9. The molecule has 23 heavy (non-hydrogen) atoms. The van der Waals surface area contributed by atoms with Crippen molar-refractivity contribution in [2.45, 2.75) is 11.9 Å². The number of hydrogen-bond acceptors (Lipinski definition) is 3. The third-order valence-electron chi connectivity index (χ3n) is 3.33. The zero-order valence-electron chi connectivity index (χ0n) is 12.5. The van der Waals surface area contributed by atoms with E-state index < -0.39 is 27.7 Å². The second kappa shape index (κ2) is 7.88. The van der Waals surface area contributed by atoms with Crippen LogP contribution in [0, 0.1) is 5.82 Å². The van der Waals surface area contributed by atoms with Gasteiger partial charge in [-0.3, -0.25) is 0 Å². The summed E-state index contributed by atoms with van der Waals surface area (Å²) in [5, 5.41) is 0.493. The zero-order valence-corrected chi connectivity index (χ0v) is 14.1. The molecule has 2 aromatic carbocycles. The number of ether oxygens (including phenoxy) is 1. The molecule has 0 aliphatic heterocycles. The lowest BCUT2D eigenvalue weighted by atomic mass is 10.1. The average Bonchev–Trinajstić information content (AvgIpc) is 2.51. The second-order valence-electron chi connectivity index (χ2n) is 4.94. The first kappa shape index (κ1) is 17.9. The van der Waals surface area contributed by atoms with Crippen molar-refractivity contribution in [3.05, 3.63) is 70.5 Å². The first-order valence-corrected chi connectivity index (χ1v) is 8.94. The van der Waals surface area contributed by atoms with Gasteiger partial charge in [-0.25, -0.2) is 17.5 Å². The third-order valence-corrected chi connectivity index (χ3v) is 4.97. The van der Waals surface area contributed by atoms with Gasteiger partial charge in [0.2, 0.25) is 10.0 Å². The highest BCUT2D eigenvalue weighted by Gasteiger charge is 2.19. The van der Waals surface area contributed by atoms with Crippen molar-refractivity contribution in [3.63, 3.8) is 0 Å². The summed E-state index contributed by atoms with van der Waals surface area (Å²) in [6.45, 7) is 0.0109. The molecule has 0 aliphatic rings. The fourth-order valence-corrected chi connectivity index (χ4v) is 3.54. The highest BCUT2D eigenvalue weighted by molar-refractivity contribution is 7.88. The van der Waals surface area contributed by atoms with Gasteiger partial charge in [0.05, 0.1) is 11.9 Å². The average molecular weight is 358 g/mol. The molecular weight excluding hydrogens is 341 g/mol. The Morgan fingerprint density at radius 1 is 1.17 bits per heavy atom. The monoisotopic (exact) mass is 357 g/mol. The molecule has 0 heterocycles. The highest BCUT2D eigenvalue weighted by Crippen LogP contribution is 2.24. The van der Waals surface area contributed by atoms with E-state index in [0.29, 0.717) is 10.6 Å². The van der Waals surface area contributed by atoms with Crippen LogP contribution in [0.3, 0.4) is 0 Å². The number of methoxy groups -OCH3 is 1. The molecule has 0 aromatic heterocycles. The van der Waals surface area contributed by atoms with Gasteiger partial charge < -0.3 is 4.74 Å². The number of sulfonamides is 1. The van der Waals surface area contributed by atoms with Gasteiger partial charge in [0.15, 0.2) is 0 Å². The van der Waals surface area contributed by atoms with E-state index in [1.165, 1.54) is 25.3 Å². The molecule has 0 amide bonds. The van der Waals surface area contributed by atoms with Crippen LogP contribution >= 0.6 is 11.6 Å². The molecule has 0 spiro atoms. The summed E-state index contributed by atoms with van der Waals surface area (Å²) in [5.41, 5.74) is 0.803. The predicted molar refractivity (Wildman–Crippen MR) is 88.2 cm³/mol. The van der Waals surface area contributed by atoms with Crippen LogP contribution in [0.15, 0.2) is 48.5 Å². The normalized spacial score (nSPS) is 13.0. The summed E-state index contributed by atoms with van der Waals surface area (Å²) in [5.74, 6) is -0.981. The standard InChI is InChI=1S/C16H17ClFNO3S/c1-22-16(13-7-3-4-8-14(13)17)10-19-23(20,21)11-12-6-2-5-9-15(12)18/h2-9,16,19H,10-11H2,1H3. The SMILES string of the molecule is COC(CNS(=O)(=O)Cc1ccccc1F)c1ccccc1Cl. The quantitative estimate of drug-likeness (QED) is 0.827. The lowest BCUT2D eigenvalue weighted by Gasteiger charge is -2.18. The molecule has 0 radical (unpaired) electrons. The third kappa shape index (κ3) is 5.00. The van der Waals surface area contributed by atoms with Crippen molar-refractivity contribution in [1.82, 2.24) is 4.72 Å². The van der Waals surface area contributed by atoms with E-state index in [-0.39, 0.29) is 12.1 Å². The summed E-state index contributed by atoms with van der Waals surface area (Å²) >= 11 is 6.09. The summed E-state index contributed by atoms with van der Waals surface area (Å²) < 4.78 is 45.5. The summed E-state index contributed by atoms with van der Waals surface area (Å²) in [6.07, 6.45) is -0.529. The van der Waals surface area contributed by atoms with Gasteiger partial charge in [-0.1, -0.05) is 48.0 Å². The molecule has 1 atom stereocenters. The molecule has 0 fully saturated rings. The molecule has 2 rings (SSSR count). The van der Waals surface area contributed by atoms with Crippen molar-refractivity contribution >= 4 is 21.6 Å². The van der Waals surface area contributed by atoms with E-state index in [1.54, 1.807) is 30.3 Å². The number of nitrogens with one attached hydrogen (secondary N) is 1. The largest absolute Gasteiger partial charge is 0.375 e. The smallest absolute Gasteiger partial charge is 0.215 e. The Hall–Kier alpha value is -1.47. The second-order valence-corrected chi connectivity index (χ2v) is 7.16. The predicted octanol–water partition coefficient (Wildman–Crippen LogP) is 3.29. The minimum absolute atomic E-state index is 0.0109. The molecule has 0 bridgehead atoms. The molecule has 1 N–H and O–H groups in total. The van der Waals surface area contributed by atoms with Crippen molar-refractivity contribution in [1.29, 1.82) is 0 Å². The van der Waals surface area contributed by atoms with Crippen LogP contribution < -0.4 is 4.72 Å². The summed E-state index contributed by atoms with van der Waals surface area (Å²) in [4.78, 5) is 0. The van der Waals surface area contributed by atoms with Gasteiger partial charge >= 0.3 is 0 Å². The van der Waals surface area contributed by atoms with Gasteiger partial charge in [0.25, 0.3) is 0 Å². The molecule has 2 aromatic rings. The topological polar surface area (TPSA) is 55.4 Å². The van der Waals surface area contributed by atoms with E-state index in [4.69, 9.17) is 16.3 Å². The van der Waals surface area contributed by atoms with Crippen molar-refractivity contribution in [3.8, 4) is 0 Å². The van der Waals surface area contributed by atoms with Crippen LogP contribution in [0.5, 0.6) is 0 Å². The Balaban J connectivity index is 2.06. The fourth-order valence-electron chi connectivity index (χ4n) is 2.13. The number of benzene rings is 2. The Morgan fingerprint density at radius 3 is 2.48 bits per heavy atom. The summed E-state index contributed by atoms with van der Waals surface area (Å²) in [7, 11) is -2.22. The van der Waals surface area contributed by atoms with E-state index >= 15 is 0 Å². The molecule has 0 saturated carbocycles. The van der Waals surface area contributed by atoms with Crippen LogP contribution in [-0.2, 0) is 20.5 Å². The van der Waals surface area contributed by atoms with Gasteiger partial charge in [-0.05, 0) is 12.1 Å². The van der Waals surface area contributed by atoms with Crippen LogP contribution in [-0.4, -0.2) is 22.1 Å². The van der Waals surface area contributed by atoms with Crippen LogP contribution in [0.2, 0.25) is 5.02 Å². The van der Waals surface area contributed by atoms with Gasteiger partial charge in [-0.2, -0.15) is 0 Å². The molecule has 4 nitrogen and oxygen atoms in total. The van der Waals surface area contributed by atoms with Gasteiger partial charge in [0, 0.05) is 29.8 Å². The molecule has 1 unspecified atom stereocenters. The van der Waals surface area contributed by atoms with Crippen molar-refractivity contribution in [2.75, 3.05) is 13.7 Å². The Bertz CT molecular complexity index is 767. The van der Waals surface area contributed by atoms with Crippen molar-refractivity contribution in [2.24, 2.45) is 0 Å². The maximum absolute atomic E-state index is 13.6. The van der Waals surface area contributed by atoms with E-state index in [2.05, 4.69) is 4.72 Å². The lowest BCUT2D eigenvalue weighted by molar-refractivity contribution is 0.107. The minimum atomic E-state index is -3.70. The van der Waals surface area contributed by atoms with E-state index in [9.17, 15) is 12.8 Å². The zero-order chi connectivity index (χ0) is 16.9. The first-order valence-electron chi connectivity index (χ1n) is 6.91. The Morgan fingerprint density at radius 2 is 1.83 bits per heavy atom. The summed E-state index contributed by atoms with van der Waals surface area (Å²) in [6, 6.07) is 12.8. The maximum atomic E-state index is 13.6. The molecule has 124 valence electrons. The number of rotatable bonds is 7. The van der Waals surface area contributed by atoms with Crippen LogP contribution in [0.1, 0.15) is 17.2 Å². The number of hydrogen-bond donors (Lipinski definition) is 1. The minimum Gasteiger partial charge on any atom is -0.375 e. The van der Waals surface area contributed by atoms with E-state index in [1.807, 2.05) is 0 Å². The maximum Gasteiger partial charge on any atom is 0.215 e. The van der Waals surface area contributed by atoms with E-state index in [0.717, 1.165) is 0 Å². The van der Waals surface area contributed by atoms with Crippen LogP contribution in [0.4, 0.5) is 4.39 Å². The Labute approximate surface area is 140 Å². The molecule has 0 saturated heterocycles. The fraction of sp³-hybridized carbons (Fsp3) is 0.250. The molecule has 7 heteroatoms. The van der Waals surface area contributed by atoms with Crippen molar-refractivity contribution < 1.29 is 17.5 Å². The van der Waals surface area contributed by atoms with Gasteiger partial charge in [0.1, 0.15) is 5.82 Å². The number of halogens is 2. The van der Waals surface area contributed by atoms with Gasteiger partial charge in [-0.15, -0.1) is 0 Å². The lowest BCUT2D eigenvalue weighted by Crippen LogP contribution is -2.30. The highest BCUT2D eigenvalue weighted by atomic mass is 35.5. The Kier molecular flexibility index (Phi) is 6.12. The molecular formula is C16H17ClFNO3S. The van der Waals surface area contributed by atoms with Crippen LogP contribution in [0.25, 0.3) is 0 Å².